The molecule has 1 unspecified atom stereocenters. The van der Waals surface area contributed by atoms with Crippen LogP contribution in [0.1, 0.15) is 71.8 Å². The SMILES string of the molecule is CCC(CC(=O)OC(C)(C)C)C1(c2ccc(Br)cc2)CCC(Oc2cc3cc[nH]c(=O)c3cc2Cl)CC1. The molecule has 5 nitrogen and oxygen atoms in total. The van der Waals surface area contributed by atoms with E-state index in [0.29, 0.717) is 22.6 Å². The topological polar surface area (TPSA) is 68.4 Å². The van der Waals surface area contributed by atoms with E-state index in [1.54, 1.807) is 12.3 Å². The first-order valence-corrected chi connectivity index (χ1v) is 14.1. The molecule has 1 N–H and O–H groups in total. The number of hydrogen-bond donors (Lipinski definition) is 1. The Balaban J connectivity index is 1.57. The summed E-state index contributed by atoms with van der Waals surface area (Å²) in [6.07, 6.45) is 6.36. The zero-order valence-electron chi connectivity index (χ0n) is 21.9. The smallest absolute Gasteiger partial charge is 0.306 e. The number of aromatic amines is 1. The Bertz CT molecular complexity index is 1300. The number of rotatable bonds is 7. The molecule has 1 atom stereocenters. The molecular weight excluding hydrogens is 554 g/mol. The minimum absolute atomic E-state index is 0.000414. The molecule has 0 radical (unpaired) electrons. The van der Waals surface area contributed by atoms with Gasteiger partial charge in [0.05, 0.1) is 11.1 Å². The molecule has 37 heavy (non-hydrogen) atoms. The molecule has 1 heterocycles. The molecule has 198 valence electrons. The van der Waals surface area contributed by atoms with Crippen LogP contribution in [-0.4, -0.2) is 22.7 Å². The van der Waals surface area contributed by atoms with Crippen molar-refractivity contribution in [2.45, 2.75) is 83.3 Å². The predicted molar refractivity (Wildman–Crippen MR) is 153 cm³/mol. The summed E-state index contributed by atoms with van der Waals surface area (Å²) in [6.45, 7) is 7.89. The van der Waals surface area contributed by atoms with E-state index < -0.39 is 5.60 Å². The Labute approximate surface area is 232 Å². The Hall–Kier alpha value is -2.31. The van der Waals surface area contributed by atoms with Crippen molar-refractivity contribution in [3.05, 3.63) is 74.1 Å². The average Bonchev–Trinajstić information content (AvgIpc) is 2.84. The van der Waals surface area contributed by atoms with Crippen LogP contribution in [0.2, 0.25) is 5.02 Å². The van der Waals surface area contributed by atoms with Crippen molar-refractivity contribution < 1.29 is 14.3 Å². The monoisotopic (exact) mass is 587 g/mol. The lowest BCUT2D eigenvalue weighted by Gasteiger charge is -2.46. The van der Waals surface area contributed by atoms with Crippen LogP contribution in [0.4, 0.5) is 0 Å². The summed E-state index contributed by atoms with van der Waals surface area (Å²) >= 11 is 10.1. The van der Waals surface area contributed by atoms with E-state index in [9.17, 15) is 9.59 Å². The third-order valence-corrected chi connectivity index (χ3v) is 8.30. The van der Waals surface area contributed by atoms with Crippen molar-refractivity contribution in [2.75, 3.05) is 0 Å². The van der Waals surface area contributed by atoms with E-state index >= 15 is 0 Å². The summed E-state index contributed by atoms with van der Waals surface area (Å²) in [7, 11) is 0. The van der Waals surface area contributed by atoms with E-state index in [1.807, 2.05) is 32.9 Å². The lowest BCUT2D eigenvalue weighted by molar-refractivity contribution is -0.157. The summed E-state index contributed by atoms with van der Waals surface area (Å²) in [5.41, 5.74) is 0.438. The number of carbonyl (C=O) groups excluding carboxylic acids is 1. The van der Waals surface area contributed by atoms with Gasteiger partial charge in [-0.15, -0.1) is 0 Å². The Morgan fingerprint density at radius 3 is 2.46 bits per heavy atom. The van der Waals surface area contributed by atoms with Gasteiger partial charge in [0.25, 0.3) is 5.56 Å². The van der Waals surface area contributed by atoms with Crippen molar-refractivity contribution in [1.82, 2.24) is 4.98 Å². The zero-order valence-corrected chi connectivity index (χ0v) is 24.2. The number of pyridine rings is 1. The number of nitrogens with one attached hydrogen (secondary N) is 1. The molecule has 0 aliphatic heterocycles. The third kappa shape index (κ3) is 6.40. The number of hydrogen-bond acceptors (Lipinski definition) is 4. The maximum absolute atomic E-state index is 12.9. The van der Waals surface area contributed by atoms with E-state index in [4.69, 9.17) is 21.1 Å². The number of ether oxygens (including phenoxy) is 2. The fourth-order valence-corrected chi connectivity index (χ4v) is 6.18. The Morgan fingerprint density at radius 2 is 1.84 bits per heavy atom. The van der Waals surface area contributed by atoms with Crippen LogP contribution < -0.4 is 10.3 Å². The molecule has 2 aromatic carbocycles. The van der Waals surface area contributed by atoms with Crippen LogP contribution >= 0.6 is 27.5 Å². The number of aromatic nitrogens is 1. The molecule has 1 fully saturated rings. The molecule has 1 aliphatic carbocycles. The number of esters is 1. The van der Waals surface area contributed by atoms with Crippen LogP contribution in [0, 0.1) is 5.92 Å². The summed E-state index contributed by atoms with van der Waals surface area (Å²) in [6, 6.07) is 13.9. The highest BCUT2D eigenvalue weighted by molar-refractivity contribution is 9.10. The Morgan fingerprint density at radius 1 is 1.16 bits per heavy atom. The number of benzene rings is 2. The van der Waals surface area contributed by atoms with Crippen LogP contribution in [0.15, 0.2) is 57.9 Å². The van der Waals surface area contributed by atoms with Crippen molar-refractivity contribution >= 4 is 44.3 Å². The number of H-pyrrole nitrogens is 1. The molecular formula is C30H35BrClNO4. The highest BCUT2D eigenvalue weighted by Gasteiger charge is 2.44. The predicted octanol–water partition coefficient (Wildman–Crippen LogP) is 7.96. The minimum atomic E-state index is -0.504. The summed E-state index contributed by atoms with van der Waals surface area (Å²) in [5.74, 6) is 0.606. The van der Waals surface area contributed by atoms with Gasteiger partial charge in [-0.3, -0.25) is 9.59 Å². The molecule has 1 aromatic heterocycles. The zero-order chi connectivity index (χ0) is 26.8. The molecule has 0 saturated heterocycles. The normalized spacial score (nSPS) is 21.0. The summed E-state index contributed by atoms with van der Waals surface area (Å²) in [5, 5.41) is 1.78. The van der Waals surface area contributed by atoms with Crippen molar-refractivity contribution in [1.29, 1.82) is 0 Å². The van der Waals surface area contributed by atoms with Gasteiger partial charge in [0.2, 0.25) is 0 Å². The van der Waals surface area contributed by atoms with Gasteiger partial charge < -0.3 is 14.5 Å². The van der Waals surface area contributed by atoms with Gasteiger partial charge in [-0.05, 0) is 99.1 Å². The fourth-order valence-electron chi connectivity index (χ4n) is 5.71. The van der Waals surface area contributed by atoms with Crippen LogP contribution in [-0.2, 0) is 14.9 Å². The van der Waals surface area contributed by atoms with E-state index in [0.717, 1.165) is 42.0 Å². The van der Waals surface area contributed by atoms with Gasteiger partial charge in [0.15, 0.2) is 0 Å². The third-order valence-electron chi connectivity index (χ3n) is 7.47. The molecule has 0 bridgehead atoms. The standard InChI is InChI=1S/C30H35BrClNO4/c1-5-20(17-27(34)37-29(2,3)4)30(21-6-8-22(31)9-7-21)13-10-23(11-14-30)36-26-16-19-12-15-33-28(35)24(19)18-25(26)32/h6-9,12,15-16,18,20,23H,5,10-11,13-14,17H2,1-4H3,(H,33,35). The van der Waals surface area contributed by atoms with Gasteiger partial charge in [-0.1, -0.05) is 53.0 Å². The maximum atomic E-state index is 12.9. The number of carbonyl (C=O) groups is 1. The van der Waals surface area contributed by atoms with Crippen molar-refractivity contribution in [3.8, 4) is 5.75 Å². The first-order valence-electron chi connectivity index (χ1n) is 13.0. The molecule has 1 aliphatic rings. The second-order valence-electron chi connectivity index (χ2n) is 11.1. The second-order valence-corrected chi connectivity index (χ2v) is 12.4. The average molecular weight is 589 g/mol. The molecule has 3 aromatic rings. The van der Waals surface area contributed by atoms with Gasteiger partial charge in [-0.25, -0.2) is 0 Å². The number of fused-ring (bicyclic) bond motifs is 1. The van der Waals surface area contributed by atoms with E-state index in [-0.39, 0.29) is 29.0 Å². The van der Waals surface area contributed by atoms with Crippen molar-refractivity contribution in [3.63, 3.8) is 0 Å². The van der Waals surface area contributed by atoms with E-state index in [1.165, 1.54) is 5.56 Å². The number of halogens is 2. The fraction of sp³-hybridized carbons (Fsp3) is 0.467. The maximum Gasteiger partial charge on any atom is 0.306 e. The molecule has 0 spiro atoms. The van der Waals surface area contributed by atoms with Gasteiger partial charge >= 0.3 is 5.97 Å². The van der Waals surface area contributed by atoms with Gasteiger partial charge in [0.1, 0.15) is 11.4 Å². The largest absolute Gasteiger partial charge is 0.489 e. The van der Waals surface area contributed by atoms with Crippen LogP contribution in [0.25, 0.3) is 10.8 Å². The first kappa shape index (κ1) is 27.7. The van der Waals surface area contributed by atoms with Crippen LogP contribution in [0.5, 0.6) is 5.75 Å². The van der Waals surface area contributed by atoms with Gasteiger partial charge in [0, 0.05) is 22.5 Å². The highest BCUT2D eigenvalue weighted by atomic mass is 79.9. The Kier molecular flexibility index (Phi) is 8.39. The highest BCUT2D eigenvalue weighted by Crippen LogP contribution is 2.49. The summed E-state index contributed by atoms with van der Waals surface area (Å²) < 4.78 is 13.1. The van der Waals surface area contributed by atoms with Crippen LogP contribution in [0.3, 0.4) is 0 Å². The first-order chi connectivity index (χ1) is 17.5. The molecule has 4 rings (SSSR count). The van der Waals surface area contributed by atoms with Crippen molar-refractivity contribution in [2.24, 2.45) is 5.92 Å². The summed E-state index contributed by atoms with van der Waals surface area (Å²) in [4.78, 5) is 27.7. The van der Waals surface area contributed by atoms with Gasteiger partial charge in [-0.2, -0.15) is 0 Å². The molecule has 1 saturated carbocycles. The lowest BCUT2D eigenvalue weighted by atomic mass is 9.60. The lowest BCUT2D eigenvalue weighted by Crippen LogP contribution is -2.42. The molecule has 0 amide bonds. The second kappa shape index (κ2) is 11.2. The van der Waals surface area contributed by atoms with E-state index in [2.05, 4.69) is 52.1 Å². The minimum Gasteiger partial charge on any atom is -0.489 e. The molecule has 7 heteroatoms. The quantitative estimate of drug-likeness (QED) is 0.284.